The third-order valence-electron chi connectivity index (χ3n) is 1.89. The molecular weight excluding hydrogens is 168 g/mol. The number of nitrogens with two attached hydrogens (primary N) is 1. The lowest BCUT2D eigenvalue weighted by Gasteiger charge is -2.34. The van der Waals surface area contributed by atoms with Gasteiger partial charge in [-0.25, -0.2) is 0 Å². The SMILES string of the molecule is COC1C=CC=CC1(N)NC(C)=O. The number of methoxy groups -OCH3 is 1. The predicted octanol–water partition coefficient (Wildman–Crippen LogP) is -0.0815. The van der Waals surface area contributed by atoms with Gasteiger partial charge in [-0.1, -0.05) is 18.2 Å². The molecule has 1 aliphatic rings. The number of nitrogens with one attached hydrogen (secondary N) is 1. The van der Waals surface area contributed by atoms with E-state index in [0.29, 0.717) is 0 Å². The van der Waals surface area contributed by atoms with E-state index >= 15 is 0 Å². The second kappa shape index (κ2) is 3.72. The van der Waals surface area contributed by atoms with Gasteiger partial charge in [0.1, 0.15) is 11.8 Å². The quantitative estimate of drug-likeness (QED) is 0.587. The van der Waals surface area contributed by atoms with Gasteiger partial charge >= 0.3 is 0 Å². The zero-order valence-electron chi connectivity index (χ0n) is 7.78. The number of rotatable bonds is 2. The minimum atomic E-state index is -0.921. The van der Waals surface area contributed by atoms with E-state index in [9.17, 15) is 4.79 Å². The molecule has 0 aromatic heterocycles. The summed E-state index contributed by atoms with van der Waals surface area (Å²) in [5.41, 5.74) is 5.00. The van der Waals surface area contributed by atoms with Crippen molar-refractivity contribution in [3.8, 4) is 0 Å². The maximum atomic E-state index is 10.9. The van der Waals surface area contributed by atoms with Crippen LogP contribution < -0.4 is 11.1 Å². The Hall–Kier alpha value is -1.13. The number of carbonyl (C=O) groups is 1. The van der Waals surface area contributed by atoms with E-state index in [4.69, 9.17) is 10.5 Å². The van der Waals surface area contributed by atoms with Gasteiger partial charge in [0.2, 0.25) is 5.91 Å². The van der Waals surface area contributed by atoms with Gasteiger partial charge < -0.3 is 15.8 Å². The molecule has 72 valence electrons. The van der Waals surface area contributed by atoms with Gasteiger partial charge in [0.05, 0.1) is 0 Å². The molecule has 13 heavy (non-hydrogen) atoms. The van der Waals surface area contributed by atoms with Gasteiger partial charge in [0.25, 0.3) is 0 Å². The molecule has 0 saturated carbocycles. The summed E-state index contributed by atoms with van der Waals surface area (Å²) in [6, 6.07) is 0. The first-order valence-electron chi connectivity index (χ1n) is 4.05. The van der Waals surface area contributed by atoms with Crippen LogP contribution in [0.1, 0.15) is 6.92 Å². The van der Waals surface area contributed by atoms with Crippen LogP contribution in [0.5, 0.6) is 0 Å². The Morgan fingerprint density at radius 3 is 2.85 bits per heavy atom. The Morgan fingerprint density at radius 2 is 2.31 bits per heavy atom. The lowest BCUT2D eigenvalue weighted by atomic mass is 9.98. The number of hydrogen-bond donors (Lipinski definition) is 2. The summed E-state index contributed by atoms with van der Waals surface area (Å²) in [5, 5.41) is 2.63. The Kier molecular flexibility index (Phi) is 2.85. The highest BCUT2D eigenvalue weighted by Gasteiger charge is 2.32. The standard InChI is InChI=1S/C9H14N2O2/c1-7(12)11-9(10)6-4-3-5-8(9)13-2/h3-6,8H,10H2,1-2H3,(H,11,12). The van der Waals surface area contributed by atoms with Crippen molar-refractivity contribution in [1.29, 1.82) is 0 Å². The van der Waals surface area contributed by atoms with E-state index in [2.05, 4.69) is 5.32 Å². The molecule has 0 aromatic carbocycles. The first kappa shape index (κ1) is 9.95. The van der Waals surface area contributed by atoms with Gasteiger partial charge in [0, 0.05) is 14.0 Å². The highest BCUT2D eigenvalue weighted by atomic mass is 16.5. The lowest BCUT2D eigenvalue weighted by molar-refractivity contribution is -0.121. The molecule has 2 unspecified atom stereocenters. The van der Waals surface area contributed by atoms with E-state index < -0.39 is 5.66 Å². The van der Waals surface area contributed by atoms with E-state index in [1.807, 2.05) is 6.08 Å². The summed E-state index contributed by atoms with van der Waals surface area (Å²) in [5.74, 6) is -0.176. The molecular formula is C9H14N2O2. The zero-order chi connectivity index (χ0) is 9.90. The van der Waals surface area contributed by atoms with Crippen molar-refractivity contribution in [2.75, 3.05) is 7.11 Å². The van der Waals surface area contributed by atoms with E-state index in [1.165, 1.54) is 6.92 Å². The molecule has 1 rings (SSSR count). The molecule has 2 atom stereocenters. The summed E-state index contributed by atoms with van der Waals surface area (Å²) in [6.45, 7) is 1.42. The second-order valence-corrected chi connectivity index (χ2v) is 3.01. The summed E-state index contributed by atoms with van der Waals surface area (Å²) in [6.07, 6.45) is 6.81. The van der Waals surface area contributed by atoms with Crippen LogP contribution in [0.2, 0.25) is 0 Å². The molecule has 0 spiro atoms. The first-order valence-corrected chi connectivity index (χ1v) is 4.05. The fourth-order valence-electron chi connectivity index (χ4n) is 1.33. The predicted molar refractivity (Wildman–Crippen MR) is 49.8 cm³/mol. The molecule has 0 aliphatic heterocycles. The summed E-state index contributed by atoms with van der Waals surface area (Å²) in [4.78, 5) is 10.9. The summed E-state index contributed by atoms with van der Waals surface area (Å²) in [7, 11) is 1.55. The van der Waals surface area contributed by atoms with E-state index in [1.54, 1.807) is 25.3 Å². The van der Waals surface area contributed by atoms with Crippen LogP contribution in [0.4, 0.5) is 0 Å². The molecule has 0 saturated heterocycles. The molecule has 0 heterocycles. The highest BCUT2D eigenvalue weighted by molar-refractivity contribution is 5.74. The van der Waals surface area contributed by atoms with Crippen molar-refractivity contribution < 1.29 is 9.53 Å². The molecule has 0 bridgehead atoms. The van der Waals surface area contributed by atoms with Crippen LogP contribution in [-0.2, 0) is 9.53 Å². The van der Waals surface area contributed by atoms with Crippen molar-refractivity contribution in [3.63, 3.8) is 0 Å². The molecule has 4 heteroatoms. The van der Waals surface area contributed by atoms with Gasteiger partial charge in [-0.15, -0.1) is 0 Å². The van der Waals surface area contributed by atoms with Crippen LogP contribution in [0.3, 0.4) is 0 Å². The summed E-state index contributed by atoms with van der Waals surface area (Å²) >= 11 is 0. The van der Waals surface area contributed by atoms with Crippen LogP contribution in [0, 0.1) is 0 Å². The topological polar surface area (TPSA) is 64.3 Å². The van der Waals surface area contributed by atoms with E-state index in [-0.39, 0.29) is 12.0 Å². The molecule has 1 amide bonds. The second-order valence-electron chi connectivity index (χ2n) is 3.01. The molecule has 0 fully saturated rings. The maximum absolute atomic E-state index is 10.9. The fourth-order valence-corrected chi connectivity index (χ4v) is 1.33. The molecule has 4 nitrogen and oxygen atoms in total. The monoisotopic (exact) mass is 182 g/mol. The van der Waals surface area contributed by atoms with Gasteiger partial charge in [-0.2, -0.15) is 0 Å². The van der Waals surface area contributed by atoms with Crippen molar-refractivity contribution in [1.82, 2.24) is 5.32 Å². The largest absolute Gasteiger partial charge is 0.373 e. The number of allylic oxidation sites excluding steroid dienone is 2. The van der Waals surface area contributed by atoms with Crippen molar-refractivity contribution >= 4 is 5.91 Å². The highest BCUT2D eigenvalue weighted by Crippen LogP contribution is 2.14. The van der Waals surface area contributed by atoms with Crippen molar-refractivity contribution in [3.05, 3.63) is 24.3 Å². The van der Waals surface area contributed by atoms with Crippen LogP contribution in [0.15, 0.2) is 24.3 Å². The average molecular weight is 182 g/mol. The van der Waals surface area contributed by atoms with Gasteiger partial charge in [-0.05, 0) is 6.08 Å². The van der Waals surface area contributed by atoms with Crippen LogP contribution >= 0.6 is 0 Å². The number of amides is 1. The Labute approximate surface area is 77.4 Å². The normalized spacial score (nSPS) is 31.8. The smallest absolute Gasteiger partial charge is 0.218 e. The molecule has 0 aromatic rings. The number of hydrogen-bond acceptors (Lipinski definition) is 3. The fraction of sp³-hybridized carbons (Fsp3) is 0.444. The molecule has 3 N–H and O–H groups in total. The van der Waals surface area contributed by atoms with Crippen molar-refractivity contribution in [2.24, 2.45) is 5.73 Å². The Bertz CT molecular complexity index is 260. The minimum Gasteiger partial charge on any atom is -0.373 e. The third-order valence-corrected chi connectivity index (χ3v) is 1.89. The van der Waals surface area contributed by atoms with E-state index in [0.717, 1.165) is 0 Å². The van der Waals surface area contributed by atoms with Crippen LogP contribution in [0.25, 0.3) is 0 Å². The van der Waals surface area contributed by atoms with Gasteiger partial charge in [-0.3, -0.25) is 4.79 Å². The first-order chi connectivity index (χ1) is 6.08. The third kappa shape index (κ3) is 2.17. The number of carbonyl (C=O) groups excluding carboxylic acids is 1. The molecule has 0 radical (unpaired) electrons. The average Bonchev–Trinajstić information content (AvgIpc) is 2.03. The van der Waals surface area contributed by atoms with Crippen LogP contribution in [-0.4, -0.2) is 24.8 Å². The van der Waals surface area contributed by atoms with Gasteiger partial charge in [0.15, 0.2) is 0 Å². The Morgan fingerprint density at radius 1 is 1.62 bits per heavy atom. The Balaban J connectivity index is 2.79. The lowest BCUT2D eigenvalue weighted by Crippen LogP contribution is -2.62. The minimum absolute atomic E-state index is 0.176. The van der Waals surface area contributed by atoms with Crippen molar-refractivity contribution in [2.45, 2.75) is 18.7 Å². The zero-order valence-corrected chi connectivity index (χ0v) is 7.78. The maximum Gasteiger partial charge on any atom is 0.218 e. The molecule has 1 aliphatic carbocycles. The summed E-state index contributed by atoms with van der Waals surface area (Å²) < 4.78 is 5.13. The number of ether oxygens (including phenoxy) is 1.